The molecule has 0 aliphatic carbocycles. The predicted molar refractivity (Wildman–Crippen MR) is 70.7 cm³/mol. The largest absolute Gasteiger partial charge is 0.486 e. The molecule has 6 heteroatoms. The van der Waals surface area contributed by atoms with E-state index in [-0.39, 0.29) is 24.4 Å². The van der Waals surface area contributed by atoms with Gasteiger partial charge in [-0.15, -0.1) is 12.4 Å². The summed E-state index contributed by atoms with van der Waals surface area (Å²) >= 11 is 0. The minimum atomic E-state index is -0.153. The Kier molecular flexibility index (Phi) is 5.25. The van der Waals surface area contributed by atoms with Crippen LogP contribution in [0.4, 0.5) is 0 Å². The van der Waals surface area contributed by atoms with Gasteiger partial charge in [0.1, 0.15) is 13.2 Å². The lowest BCUT2D eigenvalue weighted by Gasteiger charge is -2.19. The molecule has 0 saturated carbocycles. The van der Waals surface area contributed by atoms with Gasteiger partial charge in [-0.1, -0.05) is 0 Å². The highest BCUT2D eigenvalue weighted by Crippen LogP contribution is 2.30. The molecule has 0 radical (unpaired) electrons. The van der Waals surface area contributed by atoms with Crippen LogP contribution in [0.15, 0.2) is 18.2 Å². The molecule has 0 saturated heterocycles. The molecule has 1 aromatic rings. The fraction of sp³-hybridized carbons (Fsp3) is 0.417. The first-order valence-corrected chi connectivity index (χ1v) is 5.61. The first kappa shape index (κ1) is 14.6. The maximum atomic E-state index is 11.8. The van der Waals surface area contributed by atoms with E-state index in [2.05, 4.69) is 5.32 Å². The molecule has 100 valence electrons. The van der Waals surface area contributed by atoms with Crippen LogP contribution in [-0.2, 0) is 0 Å². The number of carbonyl (C=O) groups excluding carboxylic acids is 1. The molecule has 0 aromatic heterocycles. The minimum absolute atomic E-state index is 0. The van der Waals surface area contributed by atoms with Crippen LogP contribution in [0.1, 0.15) is 17.3 Å². The van der Waals surface area contributed by atoms with Crippen LogP contribution in [0, 0.1) is 0 Å². The number of amides is 1. The first-order chi connectivity index (χ1) is 8.20. The van der Waals surface area contributed by atoms with Gasteiger partial charge >= 0.3 is 0 Å². The molecule has 0 spiro atoms. The van der Waals surface area contributed by atoms with Crippen LogP contribution < -0.4 is 20.5 Å². The third-order valence-corrected chi connectivity index (χ3v) is 2.54. The summed E-state index contributed by atoms with van der Waals surface area (Å²) in [5.74, 6) is 1.14. The van der Waals surface area contributed by atoms with Gasteiger partial charge in [-0.3, -0.25) is 4.79 Å². The molecule has 2 rings (SSSR count). The Morgan fingerprint density at radius 1 is 1.39 bits per heavy atom. The third kappa shape index (κ3) is 3.27. The average molecular weight is 273 g/mol. The summed E-state index contributed by atoms with van der Waals surface area (Å²) in [6.45, 7) is 3.33. The highest BCUT2D eigenvalue weighted by atomic mass is 35.5. The van der Waals surface area contributed by atoms with Crippen LogP contribution in [-0.4, -0.2) is 31.7 Å². The van der Waals surface area contributed by atoms with Crippen molar-refractivity contribution >= 4 is 18.3 Å². The van der Waals surface area contributed by atoms with Crippen molar-refractivity contribution in [2.45, 2.75) is 13.0 Å². The average Bonchev–Trinajstić information content (AvgIpc) is 2.38. The number of carbonyl (C=O) groups is 1. The number of nitrogens with one attached hydrogen (secondary N) is 1. The Balaban J connectivity index is 0.00000162. The highest BCUT2D eigenvalue weighted by molar-refractivity contribution is 5.95. The number of ether oxygens (including phenoxy) is 2. The fourth-order valence-corrected chi connectivity index (χ4v) is 1.55. The first-order valence-electron chi connectivity index (χ1n) is 5.61. The van der Waals surface area contributed by atoms with E-state index < -0.39 is 0 Å². The summed E-state index contributed by atoms with van der Waals surface area (Å²) in [7, 11) is 0. The zero-order valence-electron chi connectivity index (χ0n) is 10.1. The topological polar surface area (TPSA) is 73.6 Å². The zero-order chi connectivity index (χ0) is 12.3. The van der Waals surface area contributed by atoms with Crippen LogP contribution in [0.2, 0.25) is 0 Å². The van der Waals surface area contributed by atoms with E-state index >= 15 is 0 Å². The third-order valence-electron chi connectivity index (χ3n) is 2.54. The standard InChI is InChI=1S/C12H16N2O3.ClH/c1-8(7-13)14-12(15)9-2-3-10-11(6-9)17-5-4-16-10;/h2-3,6,8H,4-5,7,13H2,1H3,(H,14,15);1H/t8-;/m0./s1. The molecule has 1 atom stereocenters. The Hall–Kier alpha value is -1.46. The van der Waals surface area contributed by atoms with Crippen molar-refractivity contribution in [3.05, 3.63) is 23.8 Å². The number of benzene rings is 1. The van der Waals surface area contributed by atoms with Gasteiger partial charge in [0.25, 0.3) is 5.91 Å². The lowest BCUT2D eigenvalue weighted by atomic mass is 10.1. The minimum Gasteiger partial charge on any atom is -0.486 e. The second-order valence-corrected chi connectivity index (χ2v) is 3.97. The summed E-state index contributed by atoms with van der Waals surface area (Å²) in [5.41, 5.74) is 6.00. The van der Waals surface area contributed by atoms with E-state index in [4.69, 9.17) is 15.2 Å². The van der Waals surface area contributed by atoms with Gasteiger partial charge in [-0.2, -0.15) is 0 Å². The number of rotatable bonds is 3. The van der Waals surface area contributed by atoms with Gasteiger partial charge in [0.15, 0.2) is 11.5 Å². The molecule has 0 unspecified atom stereocenters. The van der Waals surface area contributed by atoms with Crippen molar-refractivity contribution in [1.29, 1.82) is 0 Å². The summed E-state index contributed by atoms with van der Waals surface area (Å²) < 4.78 is 10.8. The van der Waals surface area contributed by atoms with Gasteiger partial charge in [0.2, 0.25) is 0 Å². The Morgan fingerprint density at radius 2 is 2.06 bits per heavy atom. The van der Waals surface area contributed by atoms with Crippen molar-refractivity contribution < 1.29 is 14.3 Å². The molecule has 1 aromatic carbocycles. The van der Waals surface area contributed by atoms with E-state index in [0.29, 0.717) is 36.8 Å². The molecule has 1 amide bonds. The molecule has 0 fully saturated rings. The molecule has 1 aliphatic rings. The number of halogens is 1. The van der Waals surface area contributed by atoms with Crippen LogP contribution in [0.5, 0.6) is 11.5 Å². The fourth-order valence-electron chi connectivity index (χ4n) is 1.55. The highest BCUT2D eigenvalue weighted by Gasteiger charge is 2.15. The number of hydrogen-bond acceptors (Lipinski definition) is 4. The van der Waals surface area contributed by atoms with Crippen molar-refractivity contribution in [2.24, 2.45) is 5.73 Å². The molecule has 3 N–H and O–H groups in total. The number of hydrogen-bond donors (Lipinski definition) is 2. The van der Waals surface area contributed by atoms with E-state index in [0.717, 1.165) is 0 Å². The Bertz CT molecular complexity index is 426. The second kappa shape index (κ2) is 6.47. The number of nitrogens with two attached hydrogens (primary N) is 1. The summed E-state index contributed by atoms with van der Waals surface area (Å²) in [5, 5.41) is 2.79. The molecule has 0 bridgehead atoms. The van der Waals surface area contributed by atoms with Crippen LogP contribution >= 0.6 is 12.4 Å². The smallest absolute Gasteiger partial charge is 0.251 e. The Labute approximate surface area is 112 Å². The molecular formula is C12H17ClN2O3. The van der Waals surface area contributed by atoms with Crippen molar-refractivity contribution in [1.82, 2.24) is 5.32 Å². The van der Waals surface area contributed by atoms with E-state index in [9.17, 15) is 4.79 Å². The van der Waals surface area contributed by atoms with Gasteiger partial charge < -0.3 is 20.5 Å². The SMILES string of the molecule is C[C@@H](CN)NC(=O)c1ccc2c(c1)OCCO2.Cl. The van der Waals surface area contributed by atoms with Gasteiger partial charge in [-0.25, -0.2) is 0 Å². The van der Waals surface area contributed by atoms with Crippen LogP contribution in [0.3, 0.4) is 0 Å². The maximum Gasteiger partial charge on any atom is 0.251 e. The van der Waals surface area contributed by atoms with Gasteiger partial charge in [0.05, 0.1) is 0 Å². The Morgan fingerprint density at radius 3 is 2.72 bits per heavy atom. The quantitative estimate of drug-likeness (QED) is 0.859. The molecular weight excluding hydrogens is 256 g/mol. The molecule has 1 heterocycles. The van der Waals surface area contributed by atoms with Crippen molar-refractivity contribution in [3.63, 3.8) is 0 Å². The molecule has 18 heavy (non-hydrogen) atoms. The summed E-state index contributed by atoms with van der Waals surface area (Å²) in [6, 6.07) is 5.10. The van der Waals surface area contributed by atoms with Crippen LogP contribution in [0.25, 0.3) is 0 Å². The van der Waals surface area contributed by atoms with E-state index in [1.165, 1.54) is 0 Å². The summed E-state index contributed by atoms with van der Waals surface area (Å²) in [6.07, 6.45) is 0. The lowest BCUT2D eigenvalue weighted by molar-refractivity contribution is 0.0940. The monoisotopic (exact) mass is 272 g/mol. The number of fused-ring (bicyclic) bond motifs is 1. The predicted octanol–water partition coefficient (Wildman–Crippen LogP) is 0.957. The summed E-state index contributed by atoms with van der Waals surface area (Å²) in [4.78, 5) is 11.8. The zero-order valence-corrected chi connectivity index (χ0v) is 11.0. The normalized spacial score (nSPS) is 14.3. The van der Waals surface area contributed by atoms with E-state index in [1.807, 2.05) is 6.92 Å². The van der Waals surface area contributed by atoms with Crippen molar-refractivity contribution in [3.8, 4) is 11.5 Å². The molecule has 5 nitrogen and oxygen atoms in total. The molecule has 1 aliphatic heterocycles. The van der Waals surface area contributed by atoms with Crippen molar-refractivity contribution in [2.75, 3.05) is 19.8 Å². The maximum absolute atomic E-state index is 11.8. The second-order valence-electron chi connectivity index (χ2n) is 3.97. The lowest BCUT2D eigenvalue weighted by Crippen LogP contribution is -2.37. The van der Waals surface area contributed by atoms with Gasteiger partial charge in [-0.05, 0) is 25.1 Å². The van der Waals surface area contributed by atoms with E-state index in [1.54, 1.807) is 18.2 Å². The van der Waals surface area contributed by atoms with Gasteiger partial charge in [0, 0.05) is 18.2 Å².